The van der Waals surface area contributed by atoms with Crippen molar-refractivity contribution in [3.63, 3.8) is 0 Å². The fourth-order valence-electron chi connectivity index (χ4n) is 1.28. The van der Waals surface area contributed by atoms with Crippen LogP contribution in [0.15, 0.2) is 41.0 Å². The second-order valence-corrected chi connectivity index (χ2v) is 4.08. The Bertz CT molecular complexity index is 456. The fraction of sp³-hybridized carbons (Fsp3) is 0.0909. The Balaban J connectivity index is 2.18. The monoisotopic (exact) mass is 266 g/mol. The van der Waals surface area contributed by atoms with Crippen molar-refractivity contribution in [1.29, 1.82) is 0 Å². The third-order valence-electron chi connectivity index (χ3n) is 1.97. The van der Waals surface area contributed by atoms with Crippen LogP contribution in [-0.2, 0) is 6.42 Å². The highest BCUT2D eigenvalue weighted by molar-refractivity contribution is 9.10. The number of rotatable bonds is 2. The summed E-state index contributed by atoms with van der Waals surface area (Å²) in [7, 11) is 0. The minimum Gasteiger partial charge on any atom is -0.207 e. The van der Waals surface area contributed by atoms with E-state index in [1.54, 1.807) is 18.3 Å². The van der Waals surface area contributed by atoms with Gasteiger partial charge in [-0.2, -0.15) is 10.2 Å². The average Bonchev–Trinajstić information content (AvgIpc) is 2.22. The zero-order valence-electron chi connectivity index (χ0n) is 7.82. The molecule has 0 unspecified atom stereocenters. The summed E-state index contributed by atoms with van der Waals surface area (Å²) in [6.07, 6.45) is 2.29. The summed E-state index contributed by atoms with van der Waals surface area (Å²) < 4.78 is 13.6. The Kier molecular flexibility index (Phi) is 3.06. The summed E-state index contributed by atoms with van der Waals surface area (Å²) in [5, 5.41) is 7.81. The third kappa shape index (κ3) is 2.83. The highest BCUT2D eigenvalue weighted by Crippen LogP contribution is 2.12. The van der Waals surface area contributed by atoms with E-state index in [0.717, 1.165) is 15.7 Å². The Morgan fingerprint density at radius 3 is 2.60 bits per heavy atom. The van der Waals surface area contributed by atoms with Gasteiger partial charge in [0.15, 0.2) is 0 Å². The summed E-state index contributed by atoms with van der Waals surface area (Å²) in [5.74, 6) is -0.223. The van der Waals surface area contributed by atoms with Crippen molar-refractivity contribution in [2.45, 2.75) is 6.42 Å². The first-order chi connectivity index (χ1) is 7.24. The molecule has 76 valence electrons. The van der Waals surface area contributed by atoms with Crippen LogP contribution in [0.2, 0.25) is 0 Å². The van der Waals surface area contributed by atoms with Crippen molar-refractivity contribution in [3.05, 3.63) is 58.1 Å². The molecule has 0 radical (unpaired) electrons. The van der Waals surface area contributed by atoms with E-state index in [1.165, 1.54) is 12.1 Å². The maximum atomic E-state index is 12.7. The van der Waals surface area contributed by atoms with E-state index in [-0.39, 0.29) is 5.82 Å². The first kappa shape index (κ1) is 10.2. The van der Waals surface area contributed by atoms with Crippen molar-refractivity contribution < 1.29 is 4.39 Å². The molecule has 2 aromatic rings. The maximum Gasteiger partial charge on any atom is 0.123 e. The summed E-state index contributed by atoms with van der Waals surface area (Å²) in [6, 6.07) is 8.29. The van der Waals surface area contributed by atoms with E-state index in [0.29, 0.717) is 6.42 Å². The molecule has 0 atom stereocenters. The van der Waals surface area contributed by atoms with Gasteiger partial charge in [0.25, 0.3) is 0 Å². The number of halogens is 2. The van der Waals surface area contributed by atoms with E-state index >= 15 is 0 Å². The van der Waals surface area contributed by atoms with Gasteiger partial charge in [-0.25, -0.2) is 4.39 Å². The molecule has 0 aliphatic carbocycles. The molecule has 0 N–H and O–H groups in total. The predicted octanol–water partition coefficient (Wildman–Crippen LogP) is 2.97. The molecule has 15 heavy (non-hydrogen) atoms. The number of hydrogen-bond donors (Lipinski definition) is 0. The molecule has 0 bridgehead atoms. The van der Waals surface area contributed by atoms with Crippen molar-refractivity contribution in [2.24, 2.45) is 0 Å². The lowest BCUT2D eigenvalue weighted by molar-refractivity contribution is 0.627. The lowest BCUT2D eigenvalue weighted by atomic mass is 10.1. The lowest BCUT2D eigenvalue weighted by Gasteiger charge is -2.00. The molecule has 0 saturated heterocycles. The van der Waals surface area contributed by atoms with E-state index in [2.05, 4.69) is 26.1 Å². The summed E-state index contributed by atoms with van der Waals surface area (Å²) in [6.45, 7) is 0. The van der Waals surface area contributed by atoms with Gasteiger partial charge in [0.05, 0.1) is 11.9 Å². The Hall–Kier alpha value is -1.29. The topological polar surface area (TPSA) is 25.8 Å². The lowest BCUT2D eigenvalue weighted by Crippen LogP contribution is -1.94. The SMILES string of the molecule is Fc1ccc(Cc2cc(Br)cnn2)cc1. The Morgan fingerprint density at radius 2 is 1.93 bits per heavy atom. The number of hydrogen-bond acceptors (Lipinski definition) is 2. The second-order valence-electron chi connectivity index (χ2n) is 3.17. The van der Waals surface area contributed by atoms with Gasteiger partial charge in [0.2, 0.25) is 0 Å². The van der Waals surface area contributed by atoms with E-state index < -0.39 is 0 Å². The first-order valence-corrected chi connectivity index (χ1v) is 5.25. The van der Waals surface area contributed by atoms with E-state index in [1.807, 2.05) is 6.07 Å². The molecular formula is C11H8BrFN2. The summed E-state index contributed by atoms with van der Waals surface area (Å²) in [4.78, 5) is 0. The molecule has 2 rings (SSSR count). The summed E-state index contributed by atoms with van der Waals surface area (Å²) >= 11 is 3.32. The van der Waals surface area contributed by atoms with Crippen molar-refractivity contribution in [1.82, 2.24) is 10.2 Å². The standard InChI is InChI=1S/C11H8BrFN2/c12-9-6-11(15-14-7-9)5-8-1-3-10(13)4-2-8/h1-4,6-7H,5H2. The second kappa shape index (κ2) is 4.49. The van der Waals surface area contributed by atoms with Crippen LogP contribution in [0.1, 0.15) is 11.3 Å². The van der Waals surface area contributed by atoms with Crippen molar-refractivity contribution in [3.8, 4) is 0 Å². The van der Waals surface area contributed by atoms with Crippen molar-refractivity contribution >= 4 is 15.9 Å². The van der Waals surface area contributed by atoms with Crippen LogP contribution in [0.4, 0.5) is 4.39 Å². The average molecular weight is 267 g/mol. The first-order valence-electron chi connectivity index (χ1n) is 4.45. The molecule has 4 heteroatoms. The van der Waals surface area contributed by atoms with Gasteiger partial charge >= 0.3 is 0 Å². The van der Waals surface area contributed by atoms with Gasteiger partial charge in [-0.05, 0) is 39.7 Å². The molecule has 1 heterocycles. The van der Waals surface area contributed by atoms with Crippen LogP contribution in [0, 0.1) is 5.82 Å². The molecule has 0 saturated carbocycles. The Morgan fingerprint density at radius 1 is 1.20 bits per heavy atom. The van der Waals surface area contributed by atoms with Gasteiger partial charge in [-0.3, -0.25) is 0 Å². The van der Waals surface area contributed by atoms with E-state index in [4.69, 9.17) is 0 Å². The van der Waals surface area contributed by atoms with Gasteiger partial charge in [-0.1, -0.05) is 12.1 Å². The largest absolute Gasteiger partial charge is 0.207 e. The molecular weight excluding hydrogens is 259 g/mol. The van der Waals surface area contributed by atoms with Crippen LogP contribution >= 0.6 is 15.9 Å². The molecule has 2 nitrogen and oxygen atoms in total. The van der Waals surface area contributed by atoms with Crippen LogP contribution in [0.25, 0.3) is 0 Å². The molecule has 0 aliphatic heterocycles. The number of benzene rings is 1. The maximum absolute atomic E-state index is 12.7. The fourth-order valence-corrected chi connectivity index (χ4v) is 1.64. The van der Waals surface area contributed by atoms with Gasteiger partial charge in [0, 0.05) is 10.9 Å². The van der Waals surface area contributed by atoms with Crippen molar-refractivity contribution in [2.75, 3.05) is 0 Å². The molecule has 1 aromatic carbocycles. The third-order valence-corrected chi connectivity index (χ3v) is 2.40. The van der Waals surface area contributed by atoms with Gasteiger partial charge in [-0.15, -0.1) is 0 Å². The minimum atomic E-state index is -0.223. The Labute approximate surface area is 95.3 Å². The normalized spacial score (nSPS) is 10.3. The predicted molar refractivity (Wildman–Crippen MR) is 58.9 cm³/mol. The quantitative estimate of drug-likeness (QED) is 0.836. The van der Waals surface area contributed by atoms with Crippen LogP contribution < -0.4 is 0 Å². The van der Waals surface area contributed by atoms with Gasteiger partial charge in [0.1, 0.15) is 5.82 Å². The molecule has 0 spiro atoms. The molecule has 0 fully saturated rings. The smallest absolute Gasteiger partial charge is 0.123 e. The number of aromatic nitrogens is 2. The minimum absolute atomic E-state index is 0.223. The number of nitrogens with zero attached hydrogens (tertiary/aromatic N) is 2. The zero-order chi connectivity index (χ0) is 10.7. The molecule has 1 aromatic heterocycles. The summed E-state index contributed by atoms with van der Waals surface area (Å²) in [5.41, 5.74) is 1.87. The van der Waals surface area contributed by atoms with Crippen LogP contribution in [0.5, 0.6) is 0 Å². The van der Waals surface area contributed by atoms with E-state index in [9.17, 15) is 4.39 Å². The van der Waals surface area contributed by atoms with Crippen LogP contribution in [0.3, 0.4) is 0 Å². The molecule has 0 aliphatic rings. The van der Waals surface area contributed by atoms with Gasteiger partial charge < -0.3 is 0 Å². The highest BCUT2D eigenvalue weighted by atomic mass is 79.9. The molecule has 0 amide bonds. The van der Waals surface area contributed by atoms with Crippen LogP contribution in [-0.4, -0.2) is 10.2 Å². The zero-order valence-corrected chi connectivity index (χ0v) is 9.41. The highest BCUT2D eigenvalue weighted by Gasteiger charge is 1.99.